The number of hydrogen-bond donors (Lipinski definition) is 2. The number of anilines is 1. The molecular weight excluding hydrogens is 447 g/mol. The molecule has 2 aliphatic rings. The van der Waals surface area contributed by atoms with Crippen LogP contribution < -0.4 is 15.5 Å². The van der Waals surface area contributed by atoms with Crippen LogP contribution in [-0.4, -0.2) is 38.7 Å². The molecule has 0 amide bonds. The van der Waals surface area contributed by atoms with Crippen molar-refractivity contribution < 1.29 is 0 Å². The van der Waals surface area contributed by atoms with Crippen LogP contribution in [0.25, 0.3) is 0 Å². The minimum Gasteiger partial charge on any atom is -0.369 e. The van der Waals surface area contributed by atoms with Crippen LogP contribution in [0.3, 0.4) is 0 Å². The predicted octanol–water partition coefficient (Wildman–Crippen LogP) is 3.85. The van der Waals surface area contributed by atoms with Crippen LogP contribution in [0.1, 0.15) is 24.3 Å². The Hall–Kier alpha value is -1.76. The number of guanidine groups is 1. The summed E-state index contributed by atoms with van der Waals surface area (Å²) in [5.41, 5.74) is 2.78. The summed E-state index contributed by atoms with van der Waals surface area (Å²) < 4.78 is 0. The molecule has 0 spiro atoms. The normalized spacial score (nSPS) is 24.3. The van der Waals surface area contributed by atoms with Crippen molar-refractivity contribution in [2.24, 2.45) is 10.9 Å². The van der Waals surface area contributed by atoms with Crippen molar-refractivity contribution in [1.29, 1.82) is 0 Å². The fourth-order valence-electron chi connectivity index (χ4n) is 3.95. The highest BCUT2D eigenvalue weighted by Gasteiger charge is 2.38. The largest absolute Gasteiger partial charge is 0.369 e. The minimum atomic E-state index is 0. The van der Waals surface area contributed by atoms with Gasteiger partial charge in [-0.15, -0.1) is 24.0 Å². The third-order valence-electron chi connectivity index (χ3n) is 5.56. The first kappa shape index (κ1) is 20.0. The lowest BCUT2D eigenvalue weighted by Crippen LogP contribution is -2.45. The van der Waals surface area contributed by atoms with Gasteiger partial charge in [-0.1, -0.05) is 48.5 Å². The van der Waals surface area contributed by atoms with Gasteiger partial charge < -0.3 is 15.5 Å². The lowest BCUT2D eigenvalue weighted by Gasteiger charge is -2.20. The monoisotopic (exact) mass is 476 g/mol. The molecule has 4 rings (SSSR count). The molecule has 27 heavy (non-hydrogen) atoms. The maximum Gasteiger partial charge on any atom is 0.191 e. The van der Waals surface area contributed by atoms with E-state index >= 15 is 0 Å². The van der Waals surface area contributed by atoms with E-state index in [9.17, 15) is 0 Å². The van der Waals surface area contributed by atoms with Gasteiger partial charge in [0.2, 0.25) is 0 Å². The molecule has 4 nitrogen and oxygen atoms in total. The molecule has 5 heteroatoms. The zero-order chi connectivity index (χ0) is 17.8. The lowest BCUT2D eigenvalue weighted by molar-refractivity contribution is 0.638. The van der Waals surface area contributed by atoms with Crippen molar-refractivity contribution in [3.8, 4) is 0 Å². The summed E-state index contributed by atoms with van der Waals surface area (Å²) in [7, 11) is 1.86. The van der Waals surface area contributed by atoms with Crippen molar-refractivity contribution in [3.05, 3.63) is 66.2 Å². The van der Waals surface area contributed by atoms with Crippen molar-refractivity contribution in [3.63, 3.8) is 0 Å². The number of nitrogens with one attached hydrogen (secondary N) is 2. The Kier molecular flexibility index (Phi) is 6.99. The maximum absolute atomic E-state index is 4.42. The Morgan fingerprint density at radius 1 is 1.07 bits per heavy atom. The SMILES string of the molecule is CN=C(NCC1CC1c1ccccc1)NC1CCN(c2ccccc2)C1.I. The van der Waals surface area contributed by atoms with Crippen LogP contribution in [0.4, 0.5) is 5.69 Å². The van der Waals surface area contributed by atoms with E-state index in [0.29, 0.717) is 12.0 Å². The molecule has 2 aromatic carbocycles. The van der Waals surface area contributed by atoms with E-state index < -0.39 is 0 Å². The molecule has 2 aromatic rings. The van der Waals surface area contributed by atoms with E-state index in [-0.39, 0.29) is 24.0 Å². The van der Waals surface area contributed by atoms with E-state index in [4.69, 9.17) is 0 Å². The number of para-hydroxylation sites is 1. The Morgan fingerprint density at radius 2 is 1.78 bits per heavy atom. The van der Waals surface area contributed by atoms with Gasteiger partial charge in [-0.3, -0.25) is 4.99 Å². The van der Waals surface area contributed by atoms with Crippen molar-refractivity contribution in [1.82, 2.24) is 10.6 Å². The second-order valence-corrected chi connectivity index (χ2v) is 7.38. The minimum absolute atomic E-state index is 0. The Labute approximate surface area is 179 Å². The third-order valence-corrected chi connectivity index (χ3v) is 5.56. The molecule has 1 saturated heterocycles. The molecule has 1 saturated carbocycles. The predicted molar refractivity (Wildman–Crippen MR) is 124 cm³/mol. The summed E-state index contributed by atoms with van der Waals surface area (Å²) in [6.45, 7) is 3.12. The highest BCUT2D eigenvalue weighted by atomic mass is 127. The molecule has 144 valence electrons. The number of hydrogen-bond acceptors (Lipinski definition) is 2. The number of aliphatic imine (C=N–C) groups is 1. The Morgan fingerprint density at radius 3 is 2.48 bits per heavy atom. The van der Waals surface area contributed by atoms with E-state index in [2.05, 4.69) is 81.2 Å². The smallest absolute Gasteiger partial charge is 0.191 e. The average Bonchev–Trinajstić information content (AvgIpc) is 3.34. The van der Waals surface area contributed by atoms with Gasteiger partial charge in [-0.05, 0) is 42.4 Å². The Bertz CT molecular complexity index is 734. The molecule has 0 radical (unpaired) electrons. The zero-order valence-corrected chi connectivity index (χ0v) is 18.2. The molecule has 2 N–H and O–H groups in total. The first-order valence-electron chi connectivity index (χ1n) is 9.65. The first-order valence-corrected chi connectivity index (χ1v) is 9.65. The quantitative estimate of drug-likeness (QED) is 0.391. The zero-order valence-electron chi connectivity index (χ0n) is 15.8. The van der Waals surface area contributed by atoms with Crippen LogP contribution >= 0.6 is 24.0 Å². The second-order valence-electron chi connectivity index (χ2n) is 7.38. The topological polar surface area (TPSA) is 39.7 Å². The molecule has 1 aliphatic carbocycles. The molecule has 0 aromatic heterocycles. The van der Waals surface area contributed by atoms with Gasteiger partial charge in [-0.2, -0.15) is 0 Å². The molecule has 0 bridgehead atoms. The van der Waals surface area contributed by atoms with Gasteiger partial charge >= 0.3 is 0 Å². The lowest BCUT2D eigenvalue weighted by atomic mass is 10.1. The molecule has 3 atom stereocenters. The van der Waals surface area contributed by atoms with E-state index in [1.54, 1.807) is 0 Å². The Balaban J connectivity index is 0.00000210. The number of nitrogens with zero attached hydrogens (tertiary/aromatic N) is 2. The van der Waals surface area contributed by atoms with Crippen LogP contribution in [0.5, 0.6) is 0 Å². The summed E-state index contributed by atoms with van der Waals surface area (Å²) in [5.74, 6) is 2.37. The number of halogens is 1. The average molecular weight is 476 g/mol. The van der Waals surface area contributed by atoms with Crippen LogP contribution in [0.2, 0.25) is 0 Å². The molecule has 2 fully saturated rings. The number of benzene rings is 2. The first-order chi connectivity index (χ1) is 12.8. The summed E-state index contributed by atoms with van der Waals surface area (Å²) in [5, 5.41) is 7.13. The van der Waals surface area contributed by atoms with Gasteiger partial charge in [0.25, 0.3) is 0 Å². The van der Waals surface area contributed by atoms with Crippen LogP contribution in [0, 0.1) is 5.92 Å². The molecule has 1 heterocycles. The van der Waals surface area contributed by atoms with Crippen molar-refractivity contribution in [2.45, 2.75) is 24.8 Å². The summed E-state index contributed by atoms with van der Waals surface area (Å²) in [6.07, 6.45) is 2.42. The highest BCUT2D eigenvalue weighted by Crippen LogP contribution is 2.46. The second kappa shape index (κ2) is 9.44. The summed E-state index contributed by atoms with van der Waals surface area (Å²) in [4.78, 5) is 6.86. The maximum atomic E-state index is 4.42. The van der Waals surface area contributed by atoms with E-state index in [1.807, 2.05) is 7.05 Å². The van der Waals surface area contributed by atoms with Crippen molar-refractivity contribution >= 4 is 35.6 Å². The van der Waals surface area contributed by atoms with Gasteiger partial charge in [0.15, 0.2) is 5.96 Å². The van der Waals surface area contributed by atoms with Gasteiger partial charge in [0, 0.05) is 38.4 Å². The standard InChI is InChI=1S/C22H28N4.HI/c1-23-22(24-15-18-14-21(18)17-8-4-2-5-9-17)25-19-12-13-26(16-19)20-10-6-3-7-11-20;/h2-11,18-19,21H,12-16H2,1H3,(H2,23,24,25);1H. The van der Waals surface area contributed by atoms with Crippen molar-refractivity contribution in [2.75, 3.05) is 31.6 Å². The molecular formula is C22H29IN4. The highest BCUT2D eigenvalue weighted by molar-refractivity contribution is 14.0. The summed E-state index contributed by atoms with van der Waals surface area (Å²) in [6, 6.07) is 22.0. The fraction of sp³-hybridized carbons (Fsp3) is 0.409. The summed E-state index contributed by atoms with van der Waals surface area (Å²) >= 11 is 0. The van der Waals surface area contributed by atoms with Gasteiger partial charge in [0.05, 0.1) is 0 Å². The van der Waals surface area contributed by atoms with Crippen LogP contribution in [0.15, 0.2) is 65.7 Å². The van der Waals surface area contributed by atoms with E-state index in [1.165, 1.54) is 17.7 Å². The van der Waals surface area contributed by atoms with Gasteiger partial charge in [-0.25, -0.2) is 0 Å². The van der Waals surface area contributed by atoms with Gasteiger partial charge in [0.1, 0.15) is 0 Å². The third kappa shape index (κ3) is 5.15. The van der Waals surface area contributed by atoms with Crippen LogP contribution in [-0.2, 0) is 0 Å². The van der Waals surface area contributed by atoms with E-state index in [0.717, 1.165) is 37.9 Å². The fourth-order valence-corrected chi connectivity index (χ4v) is 3.95. The molecule has 1 aliphatic heterocycles. The molecule has 3 unspecified atom stereocenters. The number of rotatable bonds is 5.